The van der Waals surface area contributed by atoms with Gasteiger partial charge < -0.3 is 10.5 Å². The number of hydrogen-bond donors (Lipinski definition) is 1. The molecule has 1 aromatic heterocycles. The summed E-state index contributed by atoms with van der Waals surface area (Å²) in [6.45, 7) is 0. The number of esters is 1. The molecule has 4 heteroatoms. The van der Waals surface area contributed by atoms with Crippen molar-refractivity contribution in [3.05, 3.63) is 36.2 Å². The number of pyridine rings is 1. The molecule has 1 rings (SSSR count). The predicted octanol–water partition coefficient (Wildman–Crippen LogP) is 0.554. The first-order valence-electron chi connectivity index (χ1n) is 3.70. The lowest BCUT2D eigenvalue weighted by atomic mass is 10.3. The number of ether oxygens (including phenoxy) is 1. The van der Waals surface area contributed by atoms with Gasteiger partial charge >= 0.3 is 5.97 Å². The smallest absolute Gasteiger partial charge is 0.332 e. The van der Waals surface area contributed by atoms with Crippen molar-refractivity contribution < 1.29 is 9.53 Å². The third kappa shape index (κ3) is 2.59. The molecule has 0 fully saturated rings. The Morgan fingerprint density at radius 1 is 1.62 bits per heavy atom. The number of aromatic nitrogens is 1. The molecule has 2 N–H and O–H groups in total. The average molecular weight is 178 g/mol. The van der Waals surface area contributed by atoms with E-state index in [1.807, 2.05) is 0 Å². The predicted molar refractivity (Wildman–Crippen MR) is 48.4 cm³/mol. The first-order valence-corrected chi connectivity index (χ1v) is 3.70. The molecule has 0 aliphatic carbocycles. The highest BCUT2D eigenvalue weighted by Gasteiger charge is 2.00. The van der Waals surface area contributed by atoms with E-state index in [4.69, 9.17) is 5.73 Å². The lowest BCUT2D eigenvalue weighted by molar-refractivity contribution is -0.134. The molecular formula is C9H10N2O2. The monoisotopic (exact) mass is 178 g/mol. The van der Waals surface area contributed by atoms with Gasteiger partial charge in [-0.2, -0.15) is 0 Å². The number of carbonyl (C=O) groups is 1. The van der Waals surface area contributed by atoms with Gasteiger partial charge in [-0.3, -0.25) is 4.98 Å². The molecule has 68 valence electrons. The molecule has 1 aromatic rings. The van der Waals surface area contributed by atoms with Crippen molar-refractivity contribution in [1.82, 2.24) is 4.98 Å². The summed E-state index contributed by atoms with van der Waals surface area (Å²) in [5.41, 5.74) is 6.43. The van der Waals surface area contributed by atoms with Gasteiger partial charge in [-0.25, -0.2) is 4.79 Å². The number of methoxy groups -OCH3 is 1. The highest BCUT2D eigenvalue weighted by atomic mass is 16.5. The van der Waals surface area contributed by atoms with Crippen molar-refractivity contribution in [3.8, 4) is 0 Å². The van der Waals surface area contributed by atoms with Crippen LogP contribution in [0.5, 0.6) is 0 Å². The van der Waals surface area contributed by atoms with Crippen LogP contribution in [0.2, 0.25) is 0 Å². The molecule has 0 spiro atoms. The lowest BCUT2D eigenvalue weighted by Crippen LogP contribution is -2.04. The van der Waals surface area contributed by atoms with Crippen LogP contribution in [-0.2, 0) is 9.53 Å². The van der Waals surface area contributed by atoms with E-state index in [1.165, 1.54) is 13.2 Å². The molecule has 0 aromatic carbocycles. The summed E-state index contributed by atoms with van der Waals surface area (Å²) >= 11 is 0. The van der Waals surface area contributed by atoms with Crippen molar-refractivity contribution in [1.29, 1.82) is 0 Å². The van der Waals surface area contributed by atoms with E-state index in [0.29, 0.717) is 11.4 Å². The number of carbonyl (C=O) groups excluding carboxylic acids is 1. The zero-order chi connectivity index (χ0) is 9.68. The Bertz CT molecular complexity index is 320. The Hall–Kier alpha value is -1.84. The summed E-state index contributed by atoms with van der Waals surface area (Å²) in [6, 6.07) is 5.28. The van der Waals surface area contributed by atoms with Gasteiger partial charge in [-0.05, 0) is 12.1 Å². The minimum Gasteiger partial charge on any atom is -0.466 e. The van der Waals surface area contributed by atoms with Gasteiger partial charge in [-0.1, -0.05) is 6.07 Å². The number of nitrogens with two attached hydrogens (primary N) is 1. The normalized spacial score (nSPS) is 11.0. The summed E-state index contributed by atoms with van der Waals surface area (Å²) in [5.74, 6) is -0.483. The fourth-order valence-corrected chi connectivity index (χ4v) is 0.793. The third-order valence-electron chi connectivity index (χ3n) is 1.44. The van der Waals surface area contributed by atoms with Gasteiger partial charge in [0, 0.05) is 12.3 Å². The molecule has 0 aliphatic heterocycles. The summed E-state index contributed by atoms with van der Waals surface area (Å²) in [5, 5.41) is 0. The highest BCUT2D eigenvalue weighted by molar-refractivity contribution is 5.89. The van der Waals surface area contributed by atoms with Gasteiger partial charge in [0.05, 0.1) is 18.5 Å². The van der Waals surface area contributed by atoms with Gasteiger partial charge in [0.2, 0.25) is 0 Å². The van der Waals surface area contributed by atoms with Gasteiger partial charge in [0.15, 0.2) is 0 Å². The minimum absolute atomic E-state index is 0.299. The molecule has 0 amide bonds. The van der Waals surface area contributed by atoms with Crippen LogP contribution in [-0.4, -0.2) is 18.1 Å². The SMILES string of the molecule is COC(=O)/C=C(\N)c1ccccn1. The van der Waals surface area contributed by atoms with Crippen LogP contribution < -0.4 is 5.73 Å². The van der Waals surface area contributed by atoms with E-state index in [2.05, 4.69) is 9.72 Å². The van der Waals surface area contributed by atoms with Gasteiger partial charge in [0.25, 0.3) is 0 Å². The largest absolute Gasteiger partial charge is 0.466 e. The summed E-state index contributed by atoms with van der Waals surface area (Å²) < 4.78 is 4.42. The second-order valence-electron chi connectivity index (χ2n) is 2.34. The van der Waals surface area contributed by atoms with Gasteiger partial charge in [-0.15, -0.1) is 0 Å². The zero-order valence-corrected chi connectivity index (χ0v) is 7.23. The van der Waals surface area contributed by atoms with Crippen LogP contribution in [0.25, 0.3) is 5.70 Å². The van der Waals surface area contributed by atoms with Crippen molar-refractivity contribution in [2.75, 3.05) is 7.11 Å². The standard InChI is InChI=1S/C9H10N2O2/c1-13-9(12)6-7(10)8-4-2-3-5-11-8/h2-6H,10H2,1H3/b7-6-. The van der Waals surface area contributed by atoms with Crippen LogP contribution in [0.4, 0.5) is 0 Å². The second-order valence-corrected chi connectivity index (χ2v) is 2.34. The fraction of sp³-hybridized carbons (Fsp3) is 0.111. The Kier molecular flexibility index (Phi) is 3.03. The molecule has 0 saturated carbocycles. The van der Waals surface area contributed by atoms with E-state index in [0.717, 1.165) is 0 Å². The molecule has 0 aliphatic rings. The molecule has 0 unspecified atom stereocenters. The van der Waals surface area contributed by atoms with Crippen LogP contribution in [0, 0.1) is 0 Å². The molecule has 0 bridgehead atoms. The quantitative estimate of drug-likeness (QED) is 0.530. The molecular weight excluding hydrogens is 168 g/mol. The lowest BCUT2D eigenvalue weighted by Gasteiger charge is -1.98. The van der Waals surface area contributed by atoms with Crippen LogP contribution >= 0.6 is 0 Å². The van der Waals surface area contributed by atoms with Crippen molar-refractivity contribution in [2.24, 2.45) is 5.73 Å². The Balaban J connectivity index is 2.85. The zero-order valence-electron chi connectivity index (χ0n) is 7.23. The average Bonchev–Trinajstić information content (AvgIpc) is 2.19. The maximum Gasteiger partial charge on any atom is 0.332 e. The van der Waals surface area contributed by atoms with E-state index in [-0.39, 0.29) is 0 Å². The highest BCUT2D eigenvalue weighted by Crippen LogP contribution is 2.03. The van der Waals surface area contributed by atoms with Crippen LogP contribution in [0.15, 0.2) is 30.5 Å². The number of hydrogen-bond acceptors (Lipinski definition) is 4. The Morgan fingerprint density at radius 3 is 2.92 bits per heavy atom. The topological polar surface area (TPSA) is 65.2 Å². The fourth-order valence-electron chi connectivity index (χ4n) is 0.793. The number of rotatable bonds is 2. The van der Waals surface area contributed by atoms with E-state index in [1.54, 1.807) is 24.4 Å². The summed E-state index contributed by atoms with van der Waals surface area (Å²) in [4.78, 5) is 14.8. The Labute approximate surface area is 76.0 Å². The van der Waals surface area contributed by atoms with Crippen molar-refractivity contribution in [2.45, 2.75) is 0 Å². The molecule has 0 saturated heterocycles. The molecule has 0 radical (unpaired) electrons. The van der Waals surface area contributed by atoms with Crippen molar-refractivity contribution >= 4 is 11.7 Å². The molecule has 4 nitrogen and oxygen atoms in total. The maximum atomic E-state index is 10.8. The first-order chi connectivity index (χ1) is 6.24. The van der Waals surface area contributed by atoms with Crippen LogP contribution in [0.3, 0.4) is 0 Å². The Morgan fingerprint density at radius 2 is 2.38 bits per heavy atom. The summed E-state index contributed by atoms with van der Waals surface area (Å²) in [6.07, 6.45) is 2.80. The van der Waals surface area contributed by atoms with E-state index < -0.39 is 5.97 Å². The maximum absolute atomic E-state index is 10.8. The van der Waals surface area contributed by atoms with Crippen LogP contribution in [0.1, 0.15) is 5.69 Å². The third-order valence-corrected chi connectivity index (χ3v) is 1.44. The molecule has 13 heavy (non-hydrogen) atoms. The second kappa shape index (κ2) is 4.25. The van der Waals surface area contributed by atoms with E-state index >= 15 is 0 Å². The first kappa shape index (κ1) is 9.25. The molecule has 0 atom stereocenters. The number of nitrogens with zero attached hydrogens (tertiary/aromatic N) is 1. The van der Waals surface area contributed by atoms with Gasteiger partial charge in [0.1, 0.15) is 0 Å². The minimum atomic E-state index is -0.483. The van der Waals surface area contributed by atoms with Crippen molar-refractivity contribution in [3.63, 3.8) is 0 Å². The van der Waals surface area contributed by atoms with E-state index in [9.17, 15) is 4.79 Å². The molecule has 1 heterocycles. The summed E-state index contributed by atoms with van der Waals surface area (Å²) in [7, 11) is 1.30.